The molecule has 1 unspecified atom stereocenters. The van der Waals surface area contributed by atoms with Crippen molar-refractivity contribution in [1.82, 2.24) is 9.97 Å². The number of aryl methyl sites for hydroxylation is 1. The SMILES string of the molecule is CCCCC(Nc1ccnc(C)n1)C(=O)O.O=C(O)C(F)(F)F. The molecule has 0 aliphatic heterocycles. The van der Waals surface area contributed by atoms with Crippen molar-refractivity contribution in [3.63, 3.8) is 0 Å². The summed E-state index contributed by atoms with van der Waals surface area (Å²) in [6.07, 6.45) is -0.999. The van der Waals surface area contributed by atoms with Gasteiger partial charge in [-0.2, -0.15) is 13.2 Å². The first kappa shape index (κ1) is 20.6. The normalized spacial score (nSPS) is 11.9. The highest BCUT2D eigenvalue weighted by atomic mass is 19.4. The lowest BCUT2D eigenvalue weighted by Crippen LogP contribution is -2.29. The largest absolute Gasteiger partial charge is 0.490 e. The minimum Gasteiger partial charge on any atom is -0.480 e. The molecule has 3 N–H and O–H groups in total. The topological polar surface area (TPSA) is 112 Å². The molecular weight excluding hydrogens is 319 g/mol. The highest BCUT2D eigenvalue weighted by Crippen LogP contribution is 2.13. The second-order valence-corrected chi connectivity index (χ2v) is 4.47. The summed E-state index contributed by atoms with van der Waals surface area (Å²) in [5, 5.41) is 19.1. The number of nitrogens with one attached hydrogen (secondary N) is 1. The van der Waals surface area contributed by atoms with Gasteiger partial charge in [-0.15, -0.1) is 0 Å². The van der Waals surface area contributed by atoms with Gasteiger partial charge in [-0.05, 0) is 19.4 Å². The van der Waals surface area contributed by atoms with E-state index in [1.807, 2.05) is 6.92 Å². The average molecular weight is 337 g/mol. The van der Waals surface area contributed by atoms with E-state index in [0.717, 1.165) is 12.8 Å². The second kappa shape index (κ2) is 9.59. The first-order valence-electron chi connectivity index (χ1n) is 6.67. The van der Waals surface area contributed by atoms with E-state index >= 15 is 0 Å². The fourth-order valence-corrected chi connectivity index (χ4v) is 1.38. The van der Waals surface area contributed by atoms with E-state index in [1.165, 1.54) is 0 Å². The van der Waals surface area contributed by atoms with Gasteiger partial charge in [-0.3, -0.25) is 0 Å². The number of carbonyl (C=O) groups is 2. The van der Waals surface area contributed by atoms with Gasteiger partial charge in [0.05, 0.1) is 0 Å². The fraction of sp³-hybridized carbons (Fsp3) is 0.538. The van der Waals surface area contributed by atoms with Crippen LogP contribution in [0.3, 0.4) is 0 Å². The van der Waals surface area contributed by atoms with Crippen LogP contribution in [0.4, 0.5) is 19.0 Å². The summed E-state index contributed by atoms with van der Waals surface area (Å²) in [5.41, 5.74) is 0. The van der Waals surface area contributed by atoms with Crippen LogP contribution in [0.15, 0.2) is 12.3 Å². The zero-order valence-corrected chi connectivity index (χ0v) is 12.6. The average Bonchev–Trinajstić information content (AvgIpc) is 2.42. The van der Waals surface area contributed by atoms with E-state index in [-0.39, 0.29) is 0 Å². The maximum Gasteiger partial charge on any atom is 0.490 e. The molecule has 7 nitrogen and oxygen atoms in total. The Kier molecular flexibility index (Phi) is 8.59. The standard InChI is InChI=1S/C11H17N3O2.C2HF3O2/c1-3-4-5-9(11(15)16)14-10-6-7-12-8(2)13-10;3-2(4,5)1(6)7/h6-7,9H,3-5H2,1-2H3,(H,15,16)(H,12,13,14);(H,6,7). The number of anilines is 1. The molecule has 1 aromatic heterocycles. The van der Waals surface area contributed by atoms with Crippen LogP contribution in [-0.2, 0) is 9.59 Å². The van der Waals surface area contributed by atoms with Crippen LogP contribution in [0.25, 0.3) is 0 Å². The molecule has 1 rings (SSSR count). The Morgan fingerprint density at radius 3 is 2.30 bits per heavy atom. The number of rotatable bonds is 6. The molecule has 0 aliphatic carbocycles. The monoisotopic (exact) mass is 337 g/mol. The molecule has 10 heteroatoms. The maximum atomic E-state index is 11.0. The summed E-state index contributed by atoms with van der Waals surface area (Å²) >= 11 is 0. The smallest absolute Gasteiger partial charge is 0.480 e. The summed E-state index contributed by atoms with van der Waals surface area (Å²) < 4.78 is 31.7. The molecule has 0 saturated heterocycles. The molecule has 0 aromatic carbocycles. The second-order valence-electron chi connectivity index (χ2n) is 4.47. The lowest BCUT2D eigenvalue weighted by molar-refractivity contribution is -0.192. The van der Waals surface area contributed by atoms with E-state index in [9.17, 15) is 18.0 Å². The zero-order chi connectivity index (χ0) is 18.0. The molecular formula is C13H18F3N3O4. The van der Waals surface area contributed by atoms with Gasteiger partial charge in [0.2, 0.25) is 0 Å². The van der Waals surface area contributed by atoms with Gasteiger partial charge in [0.1, 0.15) is 17.7 Å². The van der Waals surface area contributed by atoms with Crippen LogP contribution in [0.1, 0.15) is 32.0 Å². The fourth-order valence-electron chi connectivity index (χ4n) is 1.38. The summed E-state index contributed by atoms with van der Waals surface area (Å²) in [7, 11) is 0. The molecule has 1 atom stereocenters. The third-order valence-electron chi connectivity index (χ3n) is 2.49. The number of hydrogen-bond donors (Lipinski definition) is 3. The number of hydrogen-bond acceptors (Lipinski definition) is 5. The van der Waals surface area contributed by atoms with Crippen molar-refractivity contribution in [2.75, 3.05) is 5.32 Å². The van der Waals surface area contributed by atoms with Crippen LogP contribution in [0.5, 0.6) is 0 Å². The Balaban J connectivity index is 0.000000585. The van der Waals surface area contributed by atoms with Crippen LogP contribution < -0.4 is 5.32 Å². The van der Waals surface area contributed by atoms with Crippen molar-refractivity contribution in [2.45, 2.75) is 45.3 Å². The van der Waals surface area contributed by atoms with Gasteiger partial charge in [-0.25, -0.2) is 19.6 Å². The van der Waals surface area contributed by atoms with E-state index in [4.69, 9.17) is 15.0 Å². The third kappa shape index (κ3) is 9.27. The Morgan fingerprint density at radius 2 is 1.91 bits per heavy atom. The molecule has 0 aliphatic rings. The van der Waals surface area contributed by atoms with Crippen molar-refractivity contribution in [2.24, 2.45) is 0 Å². The number of unbranched alkanes of at least 4 members (excludes halogenated alkanes) is 1. The molecule has 0 saturated carbocycles. The van der Waals surface area contributed by atoms with Gasteiger partial charge >= 0.3 is 18.1 Å². The Morgan fingerprint density at radius 1 is 1.35 bits per heavy atom. The summed E-state index contributed by atoms with van der Waals surface area (Å²) in [6.45, 7) is 3.81. The lowest BCUT2D eigenvalue weighted by atomic mass is 10.1. The van der Waals surface area contributed by atoms with E-state index in [1.54, 1.807) is 19.2 Å². The molecule has 1 aromatic rings. The van der Waals surface area contributed by atoms with E-state index in [0.29, 0.717) is 18.1 Å². The van der Waals surface area contributed by atoms with Crippen LogP contribution >= 0.6 is 0 Å². The summed E-state index contributed by atoms with van der Waals surface area (Å²) in [5.74, 6) is -2.40. The maximum absolute atomic E-state index is 11.0. The molecule has 130 valence electrons. The lowest BCUT2D eigenvalue weighted by Gasteiger charge is -2.14. The van der Waals surface area contributed by atoms with Crippen molar-refractivity contribution in [3.05, 3.63) is 18.1 Å². The number of halogens is 3. The number of aliphatic carboxylic acids is 2. The van der Waals surface area contributed by atoms with Crippen LogP contribution in [0, 0.1) is 6.92 Å². The van der Waals surface area contributed by atoms with Crippen LogP contribution in [-0.4, -0.2) is 44.3 Å². The van der Waals surface area contributed by atoms with E-state index < -0.39 is 24.2 Å². The number of alkyl halides is 3. The van der Waals surface area contributed by atoms with Crippen LogP contribution in [0.2, 0.25) is 0 Å². The van der Waals surface area contributed by atoms with Gasteiger partial charge in [0.25, 0.3) is 0 Å². The quantitative estimate of drug-likeness (QED) is 0.731. The number of nitrogens with zero attached hydrogens (tertiary/aromatic N) is 2. The summed E-state index contributed by atoms with van der Waals surface area (Å²) in [6, 6.07) is 1.10. The molecule has 0 radical (unpaired) electrons. The van der Waals surface area contributed by atoms with Gasteiger partial charge in [-0.1, -0.05) is 19.8 Å². The van der Waals surface area contributed by atoms with Gasteiger partial charge in [0.15, 0.2) is 0 Å². The zero-order valence-electron chi connectivity index (χ0n) is 12.6. The van der Waals surface area contributed by atoms with Crippen molar-refractivity contribution in [1.29, 1.82) is 0 Å². The first-order chi connectivity index (χ1) is 10.6. The first-order valence-corrected chi connectivity index (χ1v) is 6.67. The molecule has 0 amide bonds. The third-order valence-corrected chi connectivity index (χ3v) is 2.49. The van der Waals surface area contributed by atoms with Crippen molar-refractivity contribution in [3.8, 4) is 0 Å². The minimum atomic E-state index is -5.08. The molecule has 23 heavy (non-hydrogen) atoms. The highest BCUT2D eigenvalue weighted by Gasteiger charge is 2.38. The summed E-state index contributed by atoms with van der Waals surface area (Å²) in [4.78, 5) is 28.0. The van der Waals surface area contributed by atoms with Crippen molar-refractivity contribution < 1.29 is 33.0 Å². The van der Waals surface area contributed by atoms with Gasteiger partial charge < -0.3 is 15.5 Å². The molecule has 0 spiro atoms. The van der Waals surface area contributed by atoms with Crippen molar-refractivity contribution >= 4 is 17.8 Å². The predicted molar refractivity (Wildman–Crippen MR) is 75.0 cm³/mol. The van der Waals surface area contributed by atoms with E-state index in [2.05, 4.69) is 15.3 Å². The highest BCUT2D eigenvalue weighted by molar-refractivity contribution is 5.76. The predicted octanol–water partition coefficient (Wildman–Crippen LogP) is 2.47. The Labute approximate surface area is 130 Å². The Hall–Kier alpha value is -2.39. The molecule has 0 bridgehead atoms. The number of carboxylic acid groups (broad SMARTS) is 2. The molecule has 1 heterocycles. The molecule has 0 fully saturated rings. The Bertz CT molecular complexity index is 523. The minimum absolute atomic E-state index is 0.566. The number of aromatic nitrogens is 2. The van der Waals surface area contributed by atoms with Gasteiger partial charge in [0, 0.05) is 6.20 Å². The number of carboxylic acids is 2.